The highest BCUT2D eigenvalue weighted by Crippen LogP contribution is 2.30. The number of ether oxygens (including phenoxy) is 1. The Morgan fingerprint density at radius 1 is 1.28 bits per heavy atom. The number of hydrogen-bond acceptors (Lipinski definition) is 4. The van der Waals surface area contributed by atoms with E-state index in [1.165, 1.54) is 13.5 Å². The molecule has 1 fully saturated rings. The van der Waals surface area contributed by atoms with E-state index in [0.29, 0.717) is 6.42 Å². The van der Waals surface area contributed by atoms with Crippen LogP contribution in [-0.4, -0.2) is 37.6 Å². The smallest absolute Gasteiger partial charge is 0.328 e. The zero-order valence-corrected chi connectivity index (χ0v) is 11.5. The number of methoxy groups -OCH3 is 1. The summed E-state index contributed by atoms with van der Waals surface area (Å²) in [6.07, 6.45) is 6.00. The molecule has 0 saturated heterocycles. The predicted molar refractivity (Wildman–Crippen MR) is 69.1 cm³/mol. The Labute approximate surface area is 109 Å². The molecule has 0 spiro atoms. The molecule has 0 heterocycles. The van der Waals surface area contributed by atoms with Gasteiger partial charge in [-0.25, -0.2) is 4.79 Å². The summed E-state index contributed by atoms with van der Waals surface area (Å²) in [6.45, 7) is 1.64. The Morgan fingerprint density at radius 2 is 1.89 bits per heavy atom. The van der Waals surface area contributed by atoms with E-state index < -0.39 is 12.0 Å². The van der Waals surface area contributed by atoms with Crippen molar-refractivity contribution in [3.8, 4) is 0 Å². The van der Waals surface area contributed by atoms with Crippen molar-refractivity contribution in [3.05, 3.63) is 0 Å². The molecule has 1 amide bonds. The molecule has 104 valence electrons. The summed E-state index contributed by atoms with van der Waals surface area (Å²) >= 11 is 0. The monoisotopic (exact) mass is 256 g/mol. The van der Waals surface area contributed by atoms with Crippen LogP contribution in [0.3, 0.4) is 0 Å². The van der Waals surface area contributed by atoms with E-state index in [-0.39, 0.29) is 11.4 Å². The normalized spacial score (nSPS) is 19.9. The van der Waals surface area contributed by atoms with Gasteiger partial charge in [-0.1, -0.05) is 19.3 Å². The van der Waals surface area contributed by atoms with Gasteiger partial charge in [-0.15, -0.1) is 0 Å². The van der Waals surface area contributed by atoms with Gasteiger partial charge in [0.2, 0.25) is 5.91 Å². The topological polar surface area (TPSA) is 67.4 Å². The lowest BCUT2D eigenvalue weighted by Gasteiger charge is -2.36. The molecule has 0 aliphatic heterocycles. The second kappa shape index (κ2) is 6.73. The van der Waals surface area contributed by atoms with Gasteiger partial charge in [0.05, 0.1) is 7.11 Å². The molecule has 5 nitrogen and oxygen atoms in total. The maximum atomic E-state index is 11.9. The van der Waals surface area contributed by atoms with E-state index >= 15 is 0 Å². The van der Waals surface area contributed by atoms with Crippen LogP contribution in [0, 0.1) is 0 Å². The van der Waals surface area contributed by atoms with Gasteiger partial charge in [0.25, 0.3) is 0 Å². The van der Waals surface area contributed by atoms with Gasteiger partial charge in [0.15, 0.2) is 0 Å². The van der Waals surface area contributed by atoms with Gasteiger partial charge in [-0.05, 0) is 26.8 Å². The fourth-order valence-electron chi connectivity index (χ4n) is 2.58. The van der Waals surface area contributed by atoms with Crippen LogP contribution in [0.25, 0.3) is 0 Å². The molecule has 0 aromatic carbocycles. The first-order chi connectivity index (χ1) is 8.53. The van der Waals surface area contributed by atoms with Gasteiger partial charge >= 0.3 is 5.97 Å². The second-order valence-corrected chi connectivity index (χ2v) is 5.08. The summed E-state index contributed by atoms with van der Waals surface area (Å²) in [6, 6.07) is -0.583. The largest absolute Gasteiger partial charge is 0.467 e. The van der Waals surface area contributed by atoms with E-state index in [2.05, 4.69) is 15.4 Å². The van der Waals surface area contributed by atoms with Crippen LogP contribution in [0.4, 0.5) is 0 Å². The number of esters is 1. The van der Waals surface area contributed by atoms with Gasteiger partial charge in [-0.2, -0.15) is 0 Å². The molecule has 1 rings (SSSR count). The zero-order chi connectivity index (χ0) is 13.6. The highest BCUT2D eigenvalue weighted by Gasteiger charge is 2.33. The number of rotatable bonds is 5. The summed E-state index contributed by atoms with van der Waals surface area (Å²) in [7, 11) is 3.23. The number of amides is 1. The molecule has 1 atom stereocenters. The molecule has 1 aliphatic rings. The van der Waals surface area contributed by atoms with E-state index in [9.17, 15) is 9.59 Å². The maximum absolute atomic E-state index is 11.9. The highest BCUT2D eigenvalue weighted by molar-refractivity contribution is 5.84. The van der Waals surface area contributed by atoms with Crippen molar-refractivity contribution < 1.29 is 14.3 Å². The first-order valence-electron chi connectivity index (χ1n) is 6.59. The molecule has 5 heteroatoms. The number of nitrogens with one attached hydrogen (secondary N) is 2. The Morgan fingerprint density at radius 3 is 2.39 bits per heavy atom. The van der Waals surface area contributed by atoms with Gasteiger partial charge in [0.1, 0.15) is 6.04 Å². The molecule has 1 aliphatic carbocycles. The minimum Gasteiger partial charge on any atom is -0.467 e. The van der Waals surface area contributed by atoms with Crippen LogP contribution >= 0.6 is 0 Å². The van der Waals surface area contributed by atoms with E-state index in [4.69, 9.17) is 0 Å². The fourth-order valence-corrected chi connectivity index (χ4v) is 2.58. The third kappa shape index (κ3) is 3.98. The summed E-state index contributed by atoms with van der Waals surface area (Å²) in [5.74, 6) is -0.505. The summed E-state index contributed by atoms with van der Waals surface area (Å²) < 4.78 is 4.59. The van der Waals surface area contributed by atoms with Gasteiger partial charge in [0, 0.05) is 12.0 Å². The first kappa shape index (κ1) is 15.0. The first-order valence-corrected chi connectivity index (χ1v) is 6.59. The zero-order valence-electron chi connectivity index (χ0n) is 11.5. The predicted octanol–water partition coefficient (Wildman–Crippen LogP) is 0.976. The molecule has 1 saturated carbocycles. The third-order valence-electron chi connectivity index (χ3n) is 3.77. The van der Waals surface area contributed by atoms with Gasteiger partial charge < -0.3 is 15.4 Å². The molecular weight excluding hydrogens is 232 g/mol. The SMILES string of the molecule is CNC1(CC(=O)NC(C)C(=O)OC)CCCCC1. The van der Waals surface area contributed by atoms with Crippen LogP contribution in [0.5, 0.6) is 0 Å². The molecule has 1 unspecified atom stereocenters. The van der Waals surface area contributed by atoms with Gasteiger partial charge in [-0.3, -0.25) is 4.79 Å². The Bertz CT molecular complexity index is 299. The van der Waals surface area contributed by atoms with Crippen molar-refractivity contribution in [2.75, 3.05) is 14.2 Å². The molecular formula is C13H24N2O3. The average Bonchev–Trinajstić information content (AvgIpc) is 2.38. The van der Waals surface area contributed by atoms with E-state index in [1.54, 1.807) is 6.92 Å². The van der Waals surface area contributed by atoms with Crippen LogP contribution in [0.15, 0.2) is 0 Å². The summed E-state index contributed by atoms with van der Waals surface area (Å²) in [4.78, 5) is 23.2. The standard InChI is InChI=1S/C13H24N2O3/c1-10(12(17)18-3)15-11(16)9-13(14-2)7-5-4-6-8-13/h10,14H,4-9H2,1-3H3,(H,15,16). The number of carbonyl (C=O) groups is 2. The molecule has 18 heavy (non-hydrogen) atoms. The summed E-state index contributed by atoms with van der Waals surface area (Å²) in [5, 5.41) is 5.97. The van der Waals surface area contributed by atoms with Crippen molar-refractivity contribution in [1.82, 2.24) is 10.6 Å². The molecule has 0 aromatic heterocycles. The van der Waals surface area contributed by atoms with E-state index in [1.807, 2.05) is 7.05 Å². The fraction of sp³-hybridized carbons (Fsp3) is 0.846. The summed E-state index contributed by atoms with van der Waals surface area (Å²) in [5.41, 5.74) is -0.0990. The number of hydrogen-bond donors (Lipinski definition) is 2. The second-order valence-electron chi connectivity index (χ2n) is 5.08. The van der Waals surface area contributed by atoms with Crippen LogP contribution in [0.2, 0.25) is 0 Å². The van der Waals surface area contributed by atoms with Crippen LogP contribution < -0.4 is 10.6 Å². The minimum absolute atomic E-state index is 0.0934. The molecule has 0 radical (unpaired) electrons. The van der Waals surface area contributed by atoms with Crippen molar-refractivity contribution in [1.29, 1.82) is 0 Å². The van der Waals surface area contributed by atoms with Crippen LogP contribution in [-0.2, 0) is 14.3 Å². The molecule has 0 bridgehead atoms. The molecule has 2 N–H and O–H groups in total. The molecule has 0 aromatic rings. The van der Waals surface area contributed by atoms with Crippen molar-refractivity contribution in [2.45, 2.75) is 57.0 Å². The Balaban J connectivity index is 2.49. The number of carbonyl (C=O) groups excluding carboxylic acids is 2. The third-order valence-corrected chi connectivity index (χ3v) is 3.77. The maximum Gasteiger partial charge on any atom is 0.328 e. The lowest BCUT2D eigenvalue weighted by molar-refractivity contribution is -0.144. The van der Waals surface area contributed by atoms with Crippen LogP contribution in [0.1, 0.15) is 45.4 Å². The highest BCUT2D eigenvalue weighted by atomic mass is 16.5. The lowest BCUT2D eigenvalue weighted by Crippen LogP contribution is -2.50. The average molecular weight is 256 g/mol. The lowest BCUT2D eigenvalue weighted by atomic mass is 9.79. The Kier molecular flexibility index (Phi) is 5.59. The van der Waals surface area contributed by atoms with E-state index in [0.717, 1.165) is 25.7 Å². The van der Waals surface area contributed by atoms with Crippen molar-refractivity contribution in [2.24, 2.45) is 0 Å². The quantitative estimate of drug-likeness (QED) is 0.719. The van der Waals surface area contributed by atoms with Crippen molar-refractivity contribution >= 4 is 11.9 Å². The minimum atomic E-state index is -0.583. The Hall–Kier alpha value is -1.10. The van der Waals surface area contributed by atoms with Crippen molar-refractivity contribution in [3.63, 3.8) is 0 Å².